The number of ether oxygens (including phenoxy) is 1. The number of halogens is 1. The SMILES string of the molecule is CC.CC(=O)NC[C@@H](CNc1ccc(-c2ccc(CN)cc2)c(C)c1)OC=O.CC(O)c1ccc(F)cc1. The maximum atomic E-state index is 12.3. The lowest BCUT2D eigenvalue weighted by molar-refractivity contribution is -0.133. The lowest BCUT2D eigenvalue weighted by atomic mass is 9.99. The fourth-order valence-corrected chi connectivity index (χ4v) is 3.40. The molecule has 3 rings (SSSR count). The first-order valence-corrected chi connectivity index (χ1v) is 12.6. The van der Waals surface area contributed by atoms with Crippen LogP contribution in [-0.4, -0.2) is 36.7 Å². The van der Waals surface area contributed by atoms with E-state index in [2.05, 4.69) is 28.8 Å². The smallest absolute Gasteiger partial charge is 0.293 e. The average molecular weight is 526 g/mol. The number of hydrogen-bond acceptors (Lipinski definition) is 6. The largest absolute Gasteiger partial charge is 0.461 e. The second kappa shape index (κ2) is 17.7. The number of carbonyl (C=O) groups excluding carboxylic acids is 2. The van der Waals surface area contributed by atoms with Gasteiger partial charge in [-0.2, -0.15) is 0 Å². The van der Waals surface area contributed by atoms with Crippen molar-refractivity contribution >= 4 is 18.1 Å². The Balaban J connectivity index is 0.000000501. The fraction of sp³-hybridized carbons (Fsp3) is 0.333. The van der Waals surface area contributed by atoms with Crippen molar-refractivity contribution in [3.05, 3.63) is 89.2 Å². The van der Waals surface area contributed by atoms with Crippen LogP contribution in [0.25, 0.3) is 11.1 Å². The molecule has 8 heteroatoms. The van der Waals surface area contributed by atoms with Gasteiger partial charge in [0.25, 0.3) is 6.47 Å². The minimum atomic E-state index is -0.513. The van der Waals surface area contributed by atoms with E-state index in [1.54, 1.807) is 19.1 Å². The van der Waals surface area contributed by atoms with Gasteiger partial charge in [-0.1, -0.05) is 56.3 Å². The molecular formula is C30H40FN3O4. The predicted octanol–water partition coefficient (Wildman–Crippen LogP) is 5.12. The third-order valence-electron chi connectivity index (χ3n) is 5.44. The van der Waals surface area contributed by atoms with Crippen LogP contribution < -0.4 is 16.4 Å². The second-order valence-corrected chi connectivity index (χ2v) is 8.33. The van der Waals surface area contributed by atoms with Crippen molar-refractivity contribution < 1.29 is 23.8 Å². The van der Waals surface area contributed by atoms with Crippen LogP contribution in [0, 0.1) is 12.7 Å². The van der Waals surface area contributed by atoms with Crippen molar-refractivity contribution in [3.63, 3.8) is 0 Å². The van der Waals surface area contributed by atoms with Gasteiger partial charge in [0.2, 0.25) is 5.91 Å². The summed E-state index contributed by atoms with van der Waals surface area (Å²) >= 11 is 0. The number of aliphatic hydroxyl groups excluding tert-OH is 1. The third-order valence-corrected chi connectivity index (χ3v) is 5.44. The minimum Gasteiger partial charge on any atom is -0.461 e. The molecule has 0 saturated carbocycles. The highest BCUT2D eigenvalue weighted by Crippen LogP contribution is 2.26. The van der Waals surface area contributed by atoms with E-state index in [9.17, 15) is 14.0 Å². The molecule has 0 aliphatic carbocycles. The Morgan fingerprint density at radius 3 is 2.18 bits per heavy atom. The highest BCUT2D eigenvalue weighted by molar-refractivity contribution is 5.73. The molecule has 0 aliphatic heterocycles. The Kier molecular flexibility index (Phi) is 15.0. The van der Waals surface area contributed by atoms with Crippen LogP contribution in [0.2, 0.25) is 0 Å². The van der Waals surface area contributed by atoms with Gasteiger partial charge in [0.1, 0.15) is 11.9 Å². The summed E-state index contributed by atoms with van der Waals surface area (Å²) in [5, 5.41) is 14.9. The number of amides is 1. The Morgan fingerprint density at radius 1 is 1.05 bits per heavy atom. The van der Waals surface area contributed by atoms with Crippen molar-refractivity contribution in [1.29, 1.82) is 0 Å². The van der Waals surface area contributed by atoms with E-state index < -0.39 is 12.2 Å². The Hall–Kier alpha value is -3.75. The average Bonchev–Trinajstić information content (AvgIpc) is 2.92. The maximum Gasteiger partial charge on any atom is 0.293 e. The topological polar surface area (TPSA) is 114 Å². The zero-order valence-corrected chi connectivity index (χ0v) is 22.8. The van der Waals surface area contributed by atoms with Gasteiger partial charge in [0.15, 0.2) is 0 Å². The highest BCUT2D eigenvalue weighted by atomic mass is 19.1. The van der Waals surface area contributed by atoms with Crippen molar-refractivity contribution in [2.75, 3.05) is 18.4 Å². The second-order valence-electron chi connectivity index (χ2n) is 8.33. The van der Waals surface area contributed by atoms with Crippen LogP contribution in [0.3, 0.4) is 0 Å². The molecule has 3 aromatic rings. The standard InChI is InChI=1S/C20H25N3O3.C8H9FO.C2H6/c1-14-9-18(23-12-19(26-13-24)11-22-15(2)25)7-8-20(14)17-5-3-16(10-21)4-6-17;1-6(10)7-2-4-8(9)5-3-7;1-2/h3-9,13,19,23H,10-12,21H2,1-2H3,(H,22,25);2-6,10H,1H3;1-2H3/t19-;;/m0../s1. The van der Waals surface area contributed by atoms with Crippen LogP contribution >= 0.6 is 0 Å². The molecule has 0 bridgehead atoms. The lowest BCUT2D eigenvalue weighted by Crippen LogP contribution is -2.36. The molecule has 0 saturated heterocycles. The predicted molar refractivity (Wildman–Crippen MR) is 151 cm³/mol. The summed E-state index contributed by atoms with van der Waals surface area (Å²) in [7, 11) is 0. The summed E-state index contributed by atoms with van der Waals surface area (Å²) in [4.78, 5) is 21.6. The van der Waals surface area contributed by atoms with Crippen LogP contribution in [0.1, 0.15) is 50.5 Å². The molecule has 2 atom stereocenters. The molecule has 1 amide bonds. The number of anilines is 1. The van der Waals surface area contributed by atoms with Gasteiger partial charge in [-0.15, -0.1) is 0 Å². The van der Waals surface area contributed by atoms with E-state index in [0.717, 1.165) is 33.5 Å². The molecule has 0 heterocycles. The lowest BCUT2D eigenvalue weighted by Gasteiger charge is -2.17. The van der Waals surface area contributed by atoms with Crippen LogP contribution in [-0.2, 0) is 20.9 Å². The molecule has 5 N–H and O–H groups in total. The zero-order valence-electron chi connectivity index (χ0n) is 22.8. The van der Waals surface area contributed by atoms with Gasteiger partial charge >= 0.3 is 0 Å². The number of benzene rings is 3. The fourth-order valence-electron chi connectivity index (χ4n) is 3.40. The van der Waals surface area contributed by atoms with Crippen molar-refractivity contribution in [2.24, 2.45) is 5.73 Å². The summed E-state index contributed by atoms with van der Waals surface area (Å²) < 4.78 is 17.3. The van der Waals surface area contributed by atoms with Gasteiger partial charge in [-0.05, 0) is 65.9 Å². The molecule has 0 spiro atoms. The molecule has 0 fully saturated rings. The number of rotatable bonds is 10. The Morgan fingerprint density at radius 2 is 1.68 bits per heavy atom. The number of nitrogens with one attached hydrogen (secondary N) is 2. The number of aryl methyl sites for hydroxylation is 1. The number of nitrogens with two attached hydrogens (primary N) is 1. The van der Waals surface area contributed by atoms with E-state index in [4.69, 9.17) is 15.6 Å². The summed E-state index contributed by atoms with van der Waals surface area (Å²) in [6.07, 6.45) is -0.944. The van der Waals surface area contributed by atoms with Gasteiger partial charge in [0, 0.05) is 19.2 Å². The third kappa shape index (κ3) is 11.5. The Bertz CT molecular complexity index is 1100. The van der Waals surface area contributed by atoms with Gasteiger partial charge in [0.05, 0.1) is 19.2 Å². The summed E-state index contributed by atoms with van der Waals surface area (Å²) in [5.74, 6) is -0.435. The van der Waals surface area contributed by atoms with E-state index in [1.807, 2.05) is 45.0 Å². The van der Waals surface area contributed by atoms with E-state index in [1.165, 1.54) is 19.1 Å². The Labute approximate surface area is 225 Å². The van der Waals surface area contributed by atoms with Gasteiger partial charge in [-0.3, -0.25) is 9.59 Å². The quantitative estimate of drug-likeness (QED) is 0.274. The number of hydrogen-bond donors (Lipinski definition) is 4. The molecule has 7 nitrogen and oxygen atoms in total. The van der Waals surface area contributed by atoms with Crippen LogP contribution in [0.15, 0.2) is 66.7 Å². The van der Waals surface area contributed by atoms with E-state index in [0.29, 0.717) is 19.6 Å². The van der Waals surface area contributed by atoms with Gasteiger partial charge < -0.3 is 26.2 Å². The summed E-state index contributed by atoms with van der Waals surface area (Å²) in [6, 6.07) is 20.1. The minimum absolute atomic E-state index is 0.162. The molecule has 1 unspecified atom stereocenters. The summed E-state index contributed by atoms with van der Waals surface area (Å²) in [5.41, 5.74) is 11.8. The summed E-state index contributed by atoms with van der Waals surface area (Å²) in [6.45, 7) is 10.7. The molecule has 206 valence electrons. The molecule has 0 aromatic heterocycles. The molecular weight excluding hydrogens is 485 g/mol. The van der Waals surface area contributed by atoms with Gasteiger partial charge in [-0.25, -0.2) is 4.39 Å². The monoisotopic (exact) mass is 525 g/mol. The van der Waals surface area contributed by atoms with Crippen LogP contribution in [0.4, 0.5) is 10.1 Å². The van der Waals surface area contributed by atoms with Crippen molar-refractivity contribution in [1.82, 2.24) is 5.32 Å². The normalized spacial score (nSPS) is 11.5. The maximum absolute atomic E-state index is 12.3. The van der Waals surface area contributed by atoms with Crippen LogP contribution in [0.5, 0.6) is 0 Å². The first kappa shape index (κ1) is 32.3. The molecule has 3 aromatic carbocycles. The molecule has 0 aliphatic rings. The van der Waals surface area contributed by atoms with E-state index in [-0.39, 0.29) is 18.3 Å². The highest BCUT2D eigenvalue weighted by Gasteiger charge is 2.10. The first-order valence-electron chi connectivity index (χ1n) is 12.6. The van der Waals surface area contributed by atoms with Crippen molar-refractivity contribution in [3.8, 4) is 11.1 Å². The first-order chi connectivity index (χ1) is 18.2. The van der Waals surface area contributed by atoms with Crippen molar-refractivity contribution in [2.45, 2.75) is 53.4 Å². The number of carbonyl (C=O) groups is 2. The van der Waals surface area contributed by atoms with E-state index >= 15 is 0 Å². The number of aliphatic hydroxyl groups is 1. The zero-order chi connectivity index (χ0) is 28.5. The molecule has 38 heavy (non-hydrogen) atoms. The molecule has 0 radical (unpaired) electrons.